The van der Waals surface area contributed by atoms with E-state index in [-0.39, 0.29) is 17.0 Å². The number of pyridine rings is 1. The number of aromatic nitrogens is 1. The van der Waals surface area contributed by atoms with E-state index in [2.05, 4.69) is 5.32 Å². The molecule has 0 spiro atoms. The molecule has 2 aromatic carbocycles. The van der Waals surface area contributed by atoms with Gasteiger partial charge in [-0.25, -0.2) is 4.39 Å². The number of benzene rings is 2. The number of amides is 1. The van der Waals surface area contributed by atoms with Crippen molar-refractivity contribution in [2.45, 2.75) is 25.8 Å². The van der Waals surface area contributed by atoms with Gasteiger partial charge in [0.25, 0.3) is 5.91 Å². The summed E-state index contributed by atoms with van der Waals surface area (Å²) < 4.78 is 22.4. The Labute approximate surface area is 179 Å². The van der Waals surface area contributed by atoms with E-state index in [1.54, 1.807) is 24.4 Å². The van der Waals surface area contributed by atoms with Gasteiger partial charge in [-0.2, -0.15) is 0 Å². The van der Waals surface area contributed by atoms with Crippen molar-refractivity contribution in [3.8, 4) is 0 Å². The zero-order chi connectivity index (χ0) is 21.5. The highest BCUT2D eigenvalue weighted by molar-refractivity contribution is 6.06. The summed E-state index contributed by atoms with van der Waals surface area (Å²) in [6.07, 6.45) is 3.58. The fraction of sp³-hybridized carbons (Fsp3) is 0.333. The van der Waals surface area contributed by atoms with Crippen molar-refractivity contribution in [2.24, 2.45) is 0 Å². The molecule has 3 aromatic rings. The lowest BCUT2D eigenvalue weighted by Gasteiger charge is -2.29. The van der Waals surface area contributed by atoms with Crippen LogP contribution in [0.5, 0.6) is 0 Å². The lowest BCUT2D eigenvalue weighted by molar-refractivity contribution is 0.102. The van der Waals surface area contributed by atoms with E-state index in [0.717, 1.165) is 18.4 Å². The average Bonchev–Trinajstić information content (AvgIpc) is 3.61. The first-order chi connectivity index (χ1) is 15.0. The van der Waals surface area contributed by atoms with Gasteiger partial charge in [-0.3, -0.25) is 9.59 Å². The van der Waals surface area contributed by atoms with Gasteiger partial charge in [-0.1, -0.05) is 17.7 Å². The number of nitrogens with zero attached hydrogens (tertiary/aromatic N) is 2. The van der Waals surface area contributed by atoms with Crippen LogP contribution in [0.4, 0.5) is 15.8 Å². The van der Waals surface area contributed by atoms with Crippen LogP contribution in [0.3, 0.4) is 0 Å². The van der Waals surface area contributed by atoms with Crippen molar-refractivity contribution < 1.29 is 13.9 Å². The Bertz CT molecular complexity index is 1210. The normalized spacial score (nSPS) is 16.5. The van der Waals surface area contributed by atoms with Gasteiger partial charge in [0.2, 0.25) is 5.43 Å². The minimum absolute atomic E-state index is 0.0264. The number of ether oxygens (including phenoxy) is 1. The highest BCUT2D eigenvalue weighted by atomic mass is 19.1. The molecule has 0 atom stereocenters. The predicted molar refractivity (Wildman–Crippen MR) is 119 cm³/mol. The van der Waals surface area contributed by atoms with Crippen LogP contribution in [-0.4, -0.2) is 36.8 Å². The second kappa shape index (κ2) is 7.81. The topological polar surface area (TPSA) is 63.6 Å². The van der Waals surface area contributed by atoms with Crippen molar-refractivity contribution in [3.05, 3.63) is 69.8 Å². The summed E-state index contributed by atoms with van der Waals surface area (Å²) in [4.78, 5) is 28.0. The van der Waals surface area contributed by atoms with E-state index in [9.17, 15) is 9.59 Å². The third-order valence-corrected chi connectivity index (χ3v) is 5.95. The number of aryl methyl sites for hydroxylation is 1. The van der Waals surface area contributed by atoms with Crippen LogP contribution in [0.25, 0.3) is 10.9 Å². The summed E-state index contributed by atoms with van der Waals surface area (Å²) >= 11 is 0. The van der Waals surface area contributed by atoms with Gasteiger partial charge < -0.3 is 19.5 Å². The third kappa shape index (κ3) is 3.81. The fourth-order valence-electron chi connectivity index (χ4n) is 4.06. The monoisotopic (exact) mass is 421 g/mol. The zero-order valence-electron chi connectivity index (χ0n) is 17.4. The fourth-order valence-corrected chi connectivity index (χ4v) is 4.06. The highest BCUT2D eigenvalue weighted by Gasteiger charge is 2.28. The maximum atomic E-state index is 15.0. The number of fused-ring (bicyclic) bond motifs is 1. The van der Waals surface area contributed by atoms with Crippen LogP contribution in [-0.2, 0) is 4.74 Å². The Kier molecular flexibility index (Phi) is 4.98. The molecule has 0 radical (unpaired) electrons. The summed E-state index contributed by atoms with van der Waals surface area (Å²) in [5.74, 6) is -0.937. The summed E-state index contributed by atoms with van der Waals surface area (Å²) in [6.45, 7) is 4.26. The molecule has 1 aliphatic heterocycles. The summed E-state index contributed by atoms with van der Waals surface area (Å²) in [6, 6.07) is 10.6. The van der Waals surface area contributed by atoms with Crippen molar-refractivity contribution in [3.63, 3.8) is 0 Å². The second-order valence-corrected chi connectivity index (χ2v) is 8.25. The molecule has 0 bridgehead atoms. The molecule has 31 heavy (non-hydrogen) atoms. The van der Waals surface area contributed by atoms with Crippen molar-refractivity contribution in [2.75, 3.05) is 36.5 Å². The summed E-state index contributed by atoms with van der Waals surface area (Å²) in [7, 11) is 0. The Hall–Kier alpha value is -3.19. The SMILES string of the molecule is Cc1ccc(NC(=O)c2cn(C3CC3)c3cc(N4CCOCC4)c(F)cc3c2=O)cc1. The maximum absolute atomic E-state index is 15.0. The van der Waals surface area contributed by atoms with Crippen LogP contribution in [0, 0.1) is 12.7 Å². The molecule has 160 valence electrons. The molecule has 1 amide bonds. The summed E-state index contributed by atoms with van der Waals surface area (Å²) in [5.41, 5.74) is 2.40. The van der Waals surface area contributed by atoms with Gasteiger partial charge in [-0.05, 0) is 44.0 Å². The zero-order valence-corrected chi connectivity index (χ0v) is 17.4. The molecule has 1 N–H and O–H groups in total. The van der Waals surface area contributed by atoms with E-state index in [4.69, 9.17) is 4.74 Å². The number of morpholine rings is 1. The van der Waals surface area contributed by atoms with Gasteiger partial charge in [0.15, 0.2) is 0 Å². The molecule has 0 unspecified atom stereocenters. The minimum atomic E-state index is -0.484. The average molecular weight is 421 g/mol. The Morgan fingerprint density at radius 2 is 1.84 bits per heavy atom. The standard InChI is InChI=1S/C24H24FN3O3/c1-15-2-4-16(5-3-15)26-24(30)19-14-28(17-6-7-17)21-13-22(27-8-10-31-11-9-27)20(25)12-18(21)23(19)29/h2-5,12-14,17H,6-11H2,1H3,(H,26,30). The highest BCUT2D eigenvalue weighted by Crippen LogP contribution is 2.38. The van der Waals surface area contributed by atoms with Crippen LogP contribution in [0.1, 0.15) is 34.8 Å². The number of carbonyl (C=O) groups is 1. The number of anilines is 2. The Morgan fingerprint density at radius 1 is 1.13 bits per heavy atom. The summed E-state index contributed by atoms with van der Waals surface area (Å²) in [5, 5.41) is 3.02. The number of halogens is 1. The minimum Gasteiger partial charge on any atom is -0.378 e. The Morgan fingerprint density at radius 3 is 2.52 bits per heavy atom. The van der Waals surface area contributed by atoms with Crippen molar-refractivity contribution in [1.29, 1.82) is 0 Å². The molecule has 1 saturated heterocycles. The second-order valence-electron chi connectivity index (χ2n) is 8.25. The molecule has 2 aliphatic rings. The van der Waals surface area contributed by atoms with Crippen LogP contribution < -0.4 is 15.6 Å². The number of carbonyl (C=O) groups excluding carboxylic acids is 1. The molecular formula is C24H24FN3O3. The van der Waals surface area contributed by atoms with Gasteiger partial charge in [0.05, 0.1) is 24.4 Å². The van der Waals surface area contributed by atoms with Crippen LogP contribution in [0.15, 0.2) is 47.4 Å². The largest absolute Gasteiger partial charge is 0.378 e. The van der Waals surface area contributed by atoms with E-state index < -0.39 is 17.2 Å². The molecule has 1 aliphatic carbocycles. The molecule has 1 saturated carbocycles. The smallest absolute Gasteiger partial charge is 0.261 e. The number of nitrogens with one attached hydrogen (secondary N) is 1. The number of hydrogen-bond donors (Lipinski definition) is 1. The van der Waals surface area contributed by atoms with Gasteiger partial charge in [0.1, 0.15) is 11.4 Å². The van der Waals surface area contributed by atoms with Crippen LogP contribution in [0.2, 0.25) is 0 Å². The van der Waals surface area contributed by atoms with Gasteiger partial charge in [-0.15, -0.1) is 0 Å². The van der Waals surface area contributed by atoms with Gasteiger partial charge >= 0.3 is 0 Å². The lowest BCUT2D eigenvalue weighted by Crippen LogP contribution is -2.36. The van der Waals surface area contributed by atoms with E-state index in [0.29, 0.717) is 43.2 Å². The molecule has 2 fully saturated rings. The third-order valence-electron chi connectivity index (χ3n) is 5.95. The predicted octanol–water partition coefficient (Wildman–Crippen LogP) is 3.87. The van der Waals surface area contributed by atoms with Gasteiger partial charge in [0, 0.05) is 36.4 Å². The lowest BCUT2D eigenvalue weighted by atomic mass is 10.1. The molecular weight excluding hydrogens is 397 g/mol. The molecule has 1 aromatic heterocycles. The van der Waals surface area contributed by atoms with E-state index >= 15 is 4.39 Å². The van der Waals surface area contributed by atoms with E-state index in [1.807, 2.05) is 28.5 Å². The Balaban J connectivity index is 1.59. The first kappa shape index (κ1) is 19.8. The first-order valence-corrected chi connectivity index (χ1v) is 10.6. The van der Waals surface area contributed by atoms with Crippen LogP contribution >= 0.6 is 0 Å². The maximum Gasteiger partial charge on any atom is 0.261 e. The van der Waals surface area contributed by atoms with E-state index in [1.165, 1.54) is 6.07 Å². The van der Waals surface area contributed by atoms with Crippen molar-refractivity contribution in [1.82, 2.24) is 4.57 Å². The molecule has 6 nitrogen and oxygen atoms in total. The molecule has 5 rings (SSSR count). The molecule has 7 heteroatoms. The quantitative estimate of drug-likeness (QED) is 0.695. The first-order valence-electron chi connectivity index (χ1n) is 10.6. The number of hydrogen-bond acceptors (Lipinski definition) is 4. The molecule has 2 heterocycles. The number of rotatable bonds is 4. The van der Waals surface area contributed by atoms with Crippen molar-refractivity contribution >= 4 is 28.2 Å².